The van der Waals surface area contributed by atoms with Gasteiger partial charge in [0.2, 0.25) is 0 Å². The molecule has 1 unspecified atom stereocenters. The maximum atomic E-state index is 3.46. The predicted molar refractivity (Wildman–Crippen MR) is 83.2 cm³/mol. The van der Waals surface area contributed by atoms with Crippen LogP contribution in [0.2, 0.25) is 0 Å². The number of nitrogens with one attached hydrogen (secondary N) is 1. The van der Waals surface area contributed by atoms with Gasteiger partial charge in [0.25, 0.3) is 0 Å². The van der Waals surface area contributed by atoms with Crippen LogP contribution in [0.15, 0.2) is 24.3 Å². The van der Waals surface area contributed by atoms with Gasteiger partial charge in [0.15, 0.2) is 0 Å². The summed E-state index contributed by atoms with van der Waals surface area (Å²) in [5.41, 5.74) is 4.58. The van der Waals surface area contributed by atoms with Crippen molar-refractivity contribution in [3.63, 3.8) is 0 Å². The number of hydrogen-bond acceptors (Lipinski definition) is 2. The van der Waals surface area contributed by atoms with Crippen molar-refractivity contribution in [1.29, 1.82) is 0 Å². The molecular weight excluding hydrogens is 246 g/mol. The lowest BCUT2D eigenvalue weighted by atomic mass is 9.90. The van der Waals surface area contributed by atoms with E-state index in [1.165, 1.54) is 43.3 Å². The van der Waals surface area contributed by atoms with E-state index in [9.17, 15) is 0 Å². The predicted octanol–water partition coefficient (Wildman–Crippen LogP) is 1.94. The maximum absolute atomic E-state index is 3.46. The van der Waals surface area contributed by atoms with Crippen LogP contribution in [0.1, 0.15) is 17.7 Å². The summed E-state index contributed by atoms with van der Waals surface area (Å²) in [7, 11) is 2.23. The first-order valence-corrected chi connectivity index (χ1v) is 7.84. The maximum Gasteiger partial charge on any atom is 0.0482 e. The molecule has 1 atom stereocenters. The van der Waals surface area contributed by atoms with Crippen molar-refractivity contribution < 1.29 is 0 Å². The monoisotopic (exact) mass is 269 g/mol. The van der Waals surface area contributed by atoms with E-state index in [0.29, 0.717) is 0 Å². The lowest BCUT2D eigenvalue weighted by molar-refractivity contribution is 0.159. The van der Waals surface area contributed by atoms with E-state index >= 15 is 0 Å². The Morgan fingerprint density at radius 3 is 2.80 bits per heavy atom. The highest BCUT2D eigenvalue weighted by molar-refractivity contribution is 5.85. The van der Waals surface area contributed by atoms with Gasteiger partial charge in [0.1, 0.15) is 0 Å². The zero-order valence-electron chi connectivity index (χ0n) is 12.2. The van der Waals surface area contributed by atoms with Crippen molar-refractivity contribution >= 4 is 10.9 Å². The van der Waals surface area contributed by atoms with E-state index < -0.39 is 0 Å². The van der Waals surface area contributed by atoms with Gasteiger partial charge in [0, 0.05) is 55.9 Å². The normalized spacial score (nSPS) is 23.9. The minimum atomic E-state index is 0.746. The molecule has 1 aromatic heterocycles. The van der Waals surface area contributed by atoms with Gasteiger partial charge in [0.05, 0.1) is 0 Å². The van der Waals surface area contributed by atoms with Crippen LogP contribution in [0.25, 0.3) is 10.9 Å². The molecule has 106 valence electrons. The van der Waals surface area contributed by atoms with Crippen molar-refractivity contribution in [2.45, 2.75) is 25.3 Å². The van der Waals surface area contributed by atoms with Gasteiger partial charge in [-0.05, 0) is 30.9 Å². The van der Waals surface area contributed by atoms with Crippen LogP contribution in [0.3, 0.4) is 0 Å². The smallest absolute Gasteiger partial charge is 0.0482 e. The van der Waals surface area contributed by atoms with Gasteiger partial charge in [-0.3, -0.25) is 4.90 Å². The van der Waals surface area contributed by atoms with Crippen LogP contribution in [0, 0.1) is 0 Å². The number of nitrogens with zero attached hydrogens (tertiary/aromatic N) is 2. The molecule has 3 heteroatoms. The zero-order valence-corrected chi connectivity index (χ0v) is 12.2. The molecule has 1 aliphatic heterocycles. The van der Waals surface area contributed by atoms with E-state index in [1.54, 1.807) is 11.3 Å². The second kappa shape index (κ2) is 4.90. The number of para-hydroxylation sites is 1. The van der Waals surface area contributed by atoms with Gasteiger partial charge in [-0.1, -0.05) is 18.2 Å². The summed E-state index contributed by atoms with van der Waals surface area (Å²) in [5.74, 6) is 0. The Morgan fingerprint density at radius 2 is 1.95 bits per heavy atom. The van der Waals surface area contributed by atoms with Crippen LogP contribution in [-0.4, -0.2) is 41.7 Å². The number of rotatable bonds is 1. The Morgan fingerprint density at radius 1 is 1.15 bits per heavy atom. The number of hydrogen-bond donors (Lipinski definition) is 1. The van der Waals surface area contributed by atoms with Crippen LogP contribution in [-0.2, 0) is 19.9 Å². The molecule has 2 heterocycles. The number of fused-ring (bicyclic) bond motifs is 3. The fourth-order valence-corrected chi connectivity index (χ4v) is 4.07. The Kier molecular flexibility index (Phi) is 3.04. The molecule has 3 nitrogen and oxygen atoms in total. The number of aryl methyl sites for hydroxylation is 1. The van der Waals surface area contributed by atoms with E-state index in [2.05, 4.69) is 46.1 Å². The number of aromatic nitrogens is 1. The molecule has 1 fully saturated rings. The highest BCUT2D eigenvalue weighted by Gasteiger charge is 2.28. The molecule has 1 aromatic carbocycles. The number of benzene rings is 1. The van der Waals surface area contributed by atoms with Crippen LogP contribution < -0.4 is 5.32 Å². The zero-order chi connectivity index (χ0) is 13.5. The van der Waals surface area contributed by atoms with Gasteiger partial charge in [-0.2, -0.15) is 0 Å². The van der Waals surface area contributed by atoms with Gasteiger partial charge < -0.3 is 9.88 Å². The molecule has 4 rings (SSSR count). The fourth-order valence-electron chi connectivity index (χ4n) is 4.07. The molecule has 0 saturated carbocycles. The summed E-state index contributed by atoms with van der Waals surface area (Å²) >= 11 is 0. The summed E-state index contributed by atoms with van der Waals surface area (Å²) < 4.78 is 2.42. The summed E-state index contributed by atoms with van der Waals surface area (Å²) in [6, 6.07) is 9.64. The van der Waals surface area contributed by atoms with Gasteiger partial charge >= 0.3 is 0 Å². The largest absolute Gasteiger partial charge is 0.347 e. The average Bonchev–Trinajstić information content (AvgIpc) is 2.81. The molecular formula is C17H23N3. The molecule has 20 heavy (non-hydrogen) atoms. The van der Waals surface area contributed by atoms with E-state index in [4.69, 9.17) is 0 Å². The Labute approximate surface area is 120 Å². The molecule has 1 aliphatic carbocycles. The molecule has 2 aliphatic rings. The van der Waals surface area contributed by atoms with Crippen molar-refractivity contribution in [2.75, 3.05) is 26.2 Å². The third kappa shape index (κ3) is 1.88. The van der Waals surface area contributed by atoms with E-state index in [1.807, 2.05) is 0 Å². The highest BCUT2D eigenvalue weighted by Crippen LogP contribution is 2.32. The molecule has 0 radical (unpaired) electrons. The molecule has 0 spiro atoms. The fraction of sp³-hybridized carbons (Fsp3) is 0.529. The van der Waals surface area contributed by atoms with Crippen molar-refractivity contribution in [3.8, 4) is 0 Å². The second-order valence-electron chi connectivity index (χ2n) is 6.18. The molecule has 1 N–H and O–H groups in total. The highest BCUT2D eigenvalue weighted by atomic mass is 15.2. The second-order valence-corrected chi connectivity index (χ2v) is 6.18. The first-order chi connectivity index (χ1) is 9.84. The van der Waals surface area contributed by atoms with Gasteiger partial charge in [-0.15, -0.1) is 0 Å². The Hall–Kier alpha value is -1.32. The summed E-state index contributed by atoms with van der Waals surface area (Å²) in [4.78, 5) is 2.70. The summed E-state index contributed by atoms with van der Waals surface area (Å²) in [6.07, 6.45) is 3.78. The van der Waals surface area contributed by atoms with E-state index in [-0.39, 0.29) is 0 Å². The SMILES string of the molecule is Cn1c2c(c3ccccc31)CC(N1CCNCC1)CC2. The quantitative estimate of drug-likeness (QED) is 0.854. The first kappa shape index (κ1) is 12.4. The van der Waals surface area contributed by atoms with Crippen molar-refractivity contribution in [1.82, 2.24) is 14.8 Å². The Bertz CT molecular complexity index is 622. The van der Waals surface area contributed by atoms with Gasteiger partial charge in [-0.25, -0.2) is 0 Å². The topological polar surface area (TPSA) is 20.2 Å². The Balaban J connectivity index is 1.69. The lowest BCUT2D eigenvalue weighted by Crippen LogP contribution is -2.50. The minimum absolute atomic E-state index is 0.746. The standard InChI is InChI=1S/C17H23N3/c1-19-16-5-3-2-4-14(16)15-12-13(6-7-17(15)19)20-10-8-18-9-11-20/h2-5,13,18H,6-12H2,1H3. The van der Waals surface area contributed by atoms with Crippen LogP contribution in [0.5, 0.6) is 0 Å². The van der Waals surface area contributed by atoms with E-state index in [0.717, 1.165) is 19.1 Å². The summed E-state index contributed by atoms with van der Waals surface area (Å²) in [6.45, 7) is 4.73. The third-order valence-corrected chi connectivity index (χ3v) is 5.17. The molecule has 2 aromatic rings. The van der Waals surface area contributed by atoms with Crippen LogP contribution in [0.4, 0.5) is 0 Å². The number of piperazine rings is 1. The van der Waals surface area contributed by atoms with Crippen molar-refractivity contribution in [2.24, 2.45) is 7.05 Å². The molecule has 0 amide bonds. The summed E-state index contributed by atoms with van der Waals surface area (Å²) in [5, 5.41) is 4.94. The van der Waals surface area contributed by atoms with Crippen LogP contribution >= 0.6 is 0 Å². The minimum Gasteiger partial charge on any atom is -0.347 e. The third-order valence-electron chi connectivity index (χ3n) is 5.17. The molecule has 0 bridgehead atoms. The van der Waals surface area contributed by atoms with Crippen molar-refractivity contribution in [3.05, 3.63) is 35.5 Å². The average molecular weight is 269 g/mol. The lowest BCUT2D eigenvalue weighted by Gasteiger charge is -2.37. The first-order valence-electron chi connectivity index (χ1n) is 7.84. The molecule has 1 saturated heterocycles.